The lowest BCUT2D eigenvalue weighted by molar-refractivity contribution is 0.0349. The van der Waals surface area contributed by atoms with Gasteiger partial charge in [0.2, 0.25) is 0 Å². The molecule has 2 aliphatic heterocycles. The minimum atomic E-state index is -1.12. The number of anilines is 2. The first-order chi connectivity index (χ1) is 16.0. The molecule has 2 aromatic rings. The van der Waals surface area contributed by atoms with Crippen molar-refractivity contribution in [3.63, 3.8) is 0 Å². The molecule has 1 amide bonds. The third-order valence-corrected chi connectivity index (χ3v) is 6.34. The van der Waals surface area contributed by atoms with Crippen LogP contribution in [0.4, 0.5) is 15.9 Å². The molecule has 0 spiro atoms. The first-order valence-corrected chi connectivity index (χ1v) is 11.4. The SMILES string of the molecule is O=C(Nc1cnc(N2CCC(CCN3CCOCC3)CC2)c(C(=O)O)c1)c1ccccc1F. The maximum atomic E-state index is 13.9. The Hall–Kier alpha value is -3.04. The van der Waals surface area contributed by atoms with Crippen LogP contribution in [0, 0.1) is 11.7 Å². The molecular weight excluding hydrogens is 427 g/mol. The predicted molar refractivity (Wildman–Crippen MR) is 122 cm³/mol. The average Bonchev–Trinajstić information content (AvgIpc) is 2.84. The number of piperidine rings is 1. The molecule has 2 N–H and O–H groups in total. The number of ether oxygens (including phenoxy) is 1. The van der Waals surface area contributed by atoms with Crippen LogP contribution >= 0.6 is 0 Å². The number of carbonyl (C=O) groups is 2. The second-order valence-corrected chi connectivity index (χ2v) is 8.51. The molecule has 0 bridgehead atoms. The van der Waals surface area contributed by atoms with Gasteiger partial charge in [0.1, 0.15) is 17.2 Å². The highest BCUT2D eigenvalue weighted by Crippen LogP contribution is 2.28. The Labute approximate surface area is 192 Å². The number of aromatic carboxylic acids is 1. The summed E-state index contributed by atoms with van der Waals surface area (Å²) in [6.45, 7) is 6.14. The van der Waals surface area contributed by atoms with Gasteiger partial charge < -0.3 is 20.1 Å². The van der Waals surface area contributed by atoms with Crippen molar-refractivity contribution in [1.82, 2.24) is 9.88 Å². The lowest BCUT2D eigenvalue weighted by Gasteiger charge is -2.35. The minimum absolute atomic E-state index is 0.0214. The molecule has 33 heavy (non-hydrogen) atoms. The van der Waals surface area contributed by atoms with E-state index in [1.54, 1.807) is 6.07 Å². The Kier molecular flexibility index (Phi) is 7.51. The summed E-state index contributed by atoms with van der Waals surface area (Å²) in [5.74, 6) is -1.40. The fourth-order valence-electron chi connectivity index (χ4n) is 4.40. The second-order valence-electron chi connectivity index (χ2n) is 8.51. The minimum Gasteiger partial charge on any atom is -0.478 e. The predicted octanol–water partition coefficient (Wildman–Crippen LogP) is 3.11. The van der Waals surface area contributed by atoms with Crippen LogP contribution in [0.15, 0.2) is 36.5 Å². The summed E-state index contributed by atoms with van der Waals surface area (Å²) in [4.78, 5) is 33.1. The molecule has 9 heteroatoms. The van der Waals surface area contributed by atoms with Gasteiger partial charge in [0.05, 0.1) is 30.7 Å². The highest BCUT2D eigenvalue weighted by Gasteiger charge is 2.25. The number of amides is 1. The summed E-state index contributed by atoms with van der Waals surface area (Å²) in [6.07, 6.45) is 4.52. The van der Waals surface area contributed by atoms with Gasteiger partial charge in [0.25, 0.3) is 5.91 Å². The van der Waals surface area contributed by atoms with Crippen LogP contribution in [0.1, 0.15) is 40.0 Å². The first kappa shape index (κ1) is 23.1. The van der Waals surface area contributed by atoms with Crippen molar-refractivity contribution >= 4 is 23.4 Å². The number of halogens is 1. The van der Waals surface area contributed by atoms with E-state index in [-0.39, 0.29) is 16.8 Å². The van der Waals surface area contributed by atoms with E-state index in [4.69, 9.17) is 4.74 Å². The Morgan fingerprint density at radius 2 is 1.85 bits per heavy atom. The van der Waals surface area contributed by atoms with Gasteiger partial charge in [0.15, 0.2) is 0 Å². The Bertz CT molecular complexity index is 988. The summed E-state index contributed by atoms with van der Waals surface area (Å²) in [5.41, 5.74) is 0.121. The van der Waals surface area contributed by atoms with E-state index < -0.39 is 17.7 Å². The van der Waals surface area contributed by atoms with Crippen LogP contribution in [-0.4, -0.2) is 72.8 Å². The molecule has 0 saturated carbocycles. The van der Waals surface area contributed by atoms with Crippen LogP contribution < -0.4 is 10.2 Å². The zero-order chi connectivity index (χ0) is 23.2. The van der Waals surface area contributed by atoms with E-state index in [2.05, 4.69) is 15.2 Å². The topological polar surface area (TPSA) is 95.0 Å². The van der Waals surface area contributed by atoms with Gasteiger partial charge in [0, 0.05) is 26.2 Å². The highest BCUT2D eigenvalue weighted by molar-refractivity contribution is 6.05. The number of nitrogens with one attached hydrogen (secondary N) is 1. The average molecular weight is 457 g/mol. The molecule has 176 valence electrons. The zero-order valence-electron chi connectivity index (χ0n) is 18.5. The number of hydrogen-bond acceptors (Lipinski definition) is 6. The monoisotopic (exact) mass is 456 g/mol. The summed E-state index contributed by atoms with van der Waals surface area (Å²) in [7, 11) is 0. The number of morpholine rings is 1. The van der Waals surface area contributed by atoms with Gasteiger partial charge in [-0.25, -0.2) is 14.2 Å². The van der Waals surface area contributed by atoms with Gasteiger partial charge in [-0.05, 0) is 49.9 Å². The standard InChI is InChI=1S/C24H29FN4O4/c25-21-4-2-1-3-19(21)23(30)27-18-15-20(24(31)32)22(26-16-18)29-9-6-17(7-10-29)5-8-28-11-13-33-14-12-28/h1-4,15-17H,5-14H2,(H,27,30)(H,31,32). The normalized spacial score (nSPS) is 17.7. The van der Waals surface area contributed by atoms with Gasteiger partial charge in [-0.2, -0.15) is 0 Å². The number of benzene rings is 1. The molecule has 2 fully saturated rings. The van der Waals surface area contributed by atoms with Crippen LogP contribution in [0.3, 0.4) is 0 Å². The van der Waals surface area contributed by atoms with Gasteiger partial charge in [-0.1, -0.05) is 12.1 Å². The van der Waals surface area contributed by atoms with E-state index in [0.29, 0.717) is 11.7 Å². The molecule has 0 atom stereocenters. The summed E-state index contributed by atoms with van der Waals surface area (Å²) < 4.78 is 19.3. The molecule has 0 radical (unpaired) electrons. The molecule has 8 nitrogen and oxygen atoms in total. The third kappa shape index (κ3) is 5.85. The van der Waals surface area contributed by atoms with Crippen molar-refractivity contribution in [2.75, 3.05) is 56.2 Å². The number of carbonyl (C=O) groups excluding carboxylic acids is 1. The number of carboxylic acid groups (broad SMARTS) is 1. The fraction of sp³-hybridized carbons (Fsp3) is 0.458. The molecule has 0 unspecified atom stereocenters. The van der Waals surface area contributed by atoms with Crippen molar-refractivity contribution < 1.29 is 23.8 Å². The maximum Gasteiger partial charge on any atom is 0.339 e. The number of pyridine rings is 1. The molecular formula is C24H29FN4O4. The van der Waals surface area contributed by atoms with Crippen molar-refractivity contribution in [2.45, 2.75) is 19.3 Å². The number of aromatic nitrogens is 1. The molecule has 2 aliphatic rings. The van der Waals surface area contributed by atoms with Gasteiger partial charge >= 0.3 is 5.97 Å². The van der Waals surface area contributed by atoms with E-state index in [1.165, 1.54) is 30.5 Å². The summed E-state index contributed by atoms with van der Waals surface area (Å²) in [5, 5.41) is 12.3. The van der Waals surface area contributed by atoms with Crippen LogP contribution in [0.5, 0.6) is 0 Å². The molecule has 4 rings (SSSR count). The lowest BCUT2D eigenvalue weighted by atomic mass is 9.93. The zero-order valence-corrected chi connectivity index (χ0v) is 18.5. The van der Waals surface area contributed by atoms with E-state index in [1.807, 2.05) is 4.90 Å². The molecule has 0 aliphatic carbocycles. The molecule has 2 saturated heterocycles. The van der Waals surface area contributed by atoms with Gasteiger partial charge in [-0.3, -0.25) is 9.69 Å². The fourth-order valence-corrected chi connectivity index (χ4v) is 4.40. The van der Waals surface area contributed by atoms with E-state index >= 15 is 0 Å². The maximum absolute atomic E-state index is 13.9. The largest absolute Gasteiger partial charge is 0.478 e. The van der Waals surface area contributed by atoms with Crippen molar-refractivity contribution in [1.29, 1.82) is 0 Å². The second kappa shape index (κ2) is 10.7. The quantitative estimate of drug-likeness (QED) is 0.661. The lowest BCUT2D eigenvalue weighted by Crippen LogP contribution is -2.39. The van der Waals surface area contributed by atoms with Crippen LogP contribution in [-0.2, 0) is 4.74 Å². The number of rotatable bonds is 7. The third-order valence-electron chi connectivity index (χ3n) is 6.34. The van der Waals surface area contributed by atoms with Crippen molar-refractivity contribution in [3.8, 4) is 0 Å². The number of hydrogen-bond donors (Lipinski definition) is 2. The van der Waals surface area contributed by atoms with Crippen LogP contribution in [0.25, 0.3) is 0 Å². The molecule has 3 heterocycles. The van der Waals surface area contributed by atoms with E-state index in [0.717, 1.165) is 65.2 Å². The van der Waals surface area contributed by atoms with Crippen molar-refractivity contribution in [3.05, 3.63) is 53.5 Å². The highest BCUT2D eigenvalue weighted by atomic mass is 19.1. The molecule has 1 aromatic heterocycles. The van der Waals surface area contributed by atoms with E-state index in [9.17, 15) is 19.1 Å². The van der Waals surface area contributed by atoms with Gasteiger partial charge in [-0.15, -0.1) is 0 Å². The first-order valence-electron chi connectivity index (χ1n) is 11.4. The number of carboxylic acids is 1. The summed E-state index contributed by atoms with van der Waals surface area (Å²) >= 11 is 0. The smallest absolute Gasteiger partial charge is 0.339 e. The summed E-state index contributed by atoms with van der Waals surface area (Å²) in [6, 6.07) is 7.01. The van der Waals surface area contributed by atoms with Crippen molar-refractivity contribution in [2.24, 2.45) is 5.92 Å². The molecule has 1 aromatic carbocycles. The van der Waals surface area contributed by atoms with Crippen LogP contribution in [0.2, 0.25) is 0 Å². The Balaban J connectivity index is 1.37. The Morgan fingerprint density at radius 3 is 2.55 bits per heavy atom. The number of nitrogens with zero attached hydrogens (tertiary/aromatic N) is 3. The Morgan fingerprint density at radius 1 is 1.12 bits per heavy atom.